The van der Waals surface area contributed by atoms with Crippen molar-refractivity contribution in [2.75, 3.05) is 5.32 Å². The second-order valence-corrected chi connectivity index (χ2v) is 6.29. The molecule has 1 heterocycles. The van der Waals surface area contributed by atoms with Crippen LogP contribution in [0.3, 0.4) is 0 Å². The summed E-state index contributed by atoms with van der Waals surface area (Å²) in [5.41, 5.74) is 1.19. The molecule has 0 bridgehead atoms. The van der Waals surface area contributed by atoms with Gasteiger partial charge in [-0.25, -0.2) is 13.5 Å². The van der Waals surface area contributed by atoms with Gasteiger partial charge in [-0.3, -0.25) is 0 Å². The molecule has 4 rings (SSSR count). The van der Waals surface area contributed by atoms with Gasteiger partial charge in [0, 0.05) is 17.8 Å². The molecule has 0 amide bonds. The van der Waals surface area contributed by atoms with E-state index >= 15 is 0 Å². The monoisotopic (exact) mass is 356 g/mol. The van der Waals surface area contributed by atoms with E-state index in [2.05, 4.69) is 15.4 Å². The van der Waals surface area contributed by atoms with Gasteiger partial charge in [0.15, 0.2) is 11.6 Å². The molecule has 1 aromatic heterocycles. The van der Waals surface area contributed by atoms with Crippen LogP contribution in [0.2, 0.25) is 0 Å². The number of anilines is 2. The Morgan fingerprint density at radius 3 is 2.69 bits per heavy atom. The van der Waals surface area contributed by atoms with Crippen molar-refractivity contribution in [3.05, 3.63) is 60.4 Å². The highest BCUT2D eigenvalue weighted by Crippen LogP contribution is 2.26. The van der Waals surface area contributed by atoms with E-state index < -0.39 is 11.6 Å². The lowest BCUT2D eigenvalue weighted by atomic mass is 10.2. The summed E-state index contributed by atoms with van der Waals surface area (Å²) >= 11 is 0. The maximum Gasteiger partial charge on any atom is 0.246 e. The Hall–Kier alpha value is -2.96. The molecular formula is C19H18F2N4O. The zero-order chi connectivity index (χ0) is 17.9. The molecule has 2 aromatic carbocycles. The Labute approximate surface area is 149 Å². The van der Waals surface area contributed by atoms with Crippen molar-refractivity contribution in [2.24, 2.45) is 0 Å². The van der Waals surface area contributed by atoms with E-state index in [1.165, 1.54) is 29.9 Å². The highest BCUT2D eigenvalue weighted by atomic mass is 19.2. The Kier molecular flexibility index (Phi) is 4.51. The number of rotatable bonds is 5. The Balaban J connectivity index is 1.47. The zero-order valence-electron chi connectivity index (χ0n) is 14.0. The van der Waals surface area contributed by atoms with E-state index in [-0.39, 0.29) is 6.10 Å². The van der Waals surface area contributed by atoms with Gasteiger partial charge in [0.2, 0.25) is 5.95 Å². The van der Waals surface area contributed by atoms with Gasteiger partial charge < -0.3 is 10.1 Å². The largest absolute Gasteiger partial charge is 0.490 e. The Morgan fingerprint density at radius 1 is 1.04 bits per heavy atom. The SMILES string of the molecule is Fc1ccc(-n2cnc(Nc3cccc(OC4CCCC4)c3)n2)cc1F. The predicted molar refractivity (Wildman–Crippen MR) is 93.9 cm³/mol. The van der Waals surface area contributed by atoms with Gasteiger partial charge in [-0.2, -0.15) is 4.98 Å². The van der Waals surface area contributed by atoms with Crippen LogP contribution in [0.4, 0.5) is 20.4 Å². The smallest absolute Gasteiger partial charge is 0.246 e. The fourth-order valence-corrected chi connectivity index (χ4v) is 3.05. The fourth-order valence-electron chi connectivity index (χ4n) is 3.05. The lowest BCUT2D eigenvalue weighted by molar-refractivity contribution is 0.210. The minimum absolute atomic E-state index is 0.288. The lowest BCUT2D eigenvalue weighted by Crippen LogP contribution is -2.10. The first kappa shape index (κ1) is 16.5. The molecule has 0 spiro atoms. The maximum absolute atomic E-state index is 13.4. The van der Waals surface area contributed by atoms with Gasteiger partial charge in [-0.15, -0.1) is 5.10 Å². The number of nitrogens with zero attached hydrogens (tertiary/aromatic N) is 3. The van der Waals surface area contributed by atoms with Crippen molar-refractivity contribution in [3.8, 4) is 11.4 Å². The second kappa shape index (κ2) is 7.11. The molecular weight excluding hydrogens is 338 g/mol. The van der Waals surface area contributed by atoms with Crippen LogP contribution in [0, 0.1) is 11.6 Å². The number of nitrogens with one attached hydrogen (secondary N) is 1. The molecule has 134 valence electrons. The van der Waals surface area contributed by atoms with Crippen molar-refractivity contribution in [1.29, 1.82) is 0 Å². The van der Waals surface area contributed by atoms with Gasteiger partial charge in [0.05, 0.1) is 11.8 Å². The van der Waals surface area contributed by atoms with E-state index in [0.717, 1.165) is 36.4 Å². The predicted octanol–water partition coefficient (Wildman–Crippen LogP) is 4.61. The molecule has 3 aromatic rings. The van der Waals surface area contributed by atoms with Crippen LogP contribution in [-0.2, 0) is 0 Å². The summed E-state index contributed by atoms with van der Waals surface area (Å²) in [5.74, 6) is -0.662. The molecule has 7 heteroatoms. The highest BCUT2D eigenvalue weighted by molar-refractivity contribution is 5.55. The minimum atomic E-state index is -0.927. The quantitative estimate of drug-likeness (QED) is 0.725. The molecule has 1 aliphatic rings. The molecule has 26 heavy (non-hydrogen) atoms. The lowest BCUT2D eigenvalue weighted by Gasteiger charge is -2.13. The van der Waals surface area contributed by atoms with Crippen LogP contribution in [0.15, 0.2) is 48.8 Å². The normalized spacial score (nSPS) is 14.5. The summed E-state index contributed by atoms with van der Waals surface area (Å²) in [6, 6.07) is 11.2. The Morgan fingerprint density at radius 2 is 1.88 bits per heavy atom. The third kappa shape index (κ3) is 3.66. The number of hydrogen-bond donors (Lipinski definition) is 1. The first-order valence-electron chi connectivity index (χ1n) is 8.58. The topological polar surface area (TPSA) is 52.0 Å². The van der Waals surface area contributed by atoms with Crippen LogP contribution in [0.5, 0.6) is 5.75 Å². The summed E-state index contributed by atoms with van der Waals surface area (Å²) in [6.07, 6.45) is 6.35. The van der Waals surface area contributed by atoms with E-state index in [1.54, 1.807) is 0 Å². The highest BCUT2D eigenvalue weighted by Gasteiger charge is 2.16. The number of halogens is 2. The third-order valence-electron chi connectivity index (χ3n) is 4.35. The molecule has 1 N–H and O–H groups in total. The number of benzene rings is 2. The summed E-state index contributed by atoms with van der Waals surface area (Å²) in [6.45, 7) is 0. The minimum Gasteiger partial charge on any atom is -0.490 e. The molecule has 0 unspecified atom stereocenters. The van der Waals surface area contributed by atoms with Crippen molar-refractivity contribution in [1.82, 2.24) is 14.8 Å². The summed E-state index contributed by atoms with van der Waals surface area (Å²) in [4.78, 5) is 4.16. The second-order valence-electron chi connectivity index (χ2n) is 6.29. The molecule has 1 fully saturated rings. The third-order valence-corrected chi connectivity index (χ3v) is 4.35. The number of hydrogen-bond acceptors (Lipinski definition) is 4. The van der Waals surface area contributed by atoms with Crippen LogP contribution in [0.25, 0.3) is 5.69 Å². The average Bonchev–Trinajstić information content (AvgIpc) is 3.30. The first-order chi connectivity index (χ1) is 12.7. The van der Waals surface area contributed by atoms with E-state index in [0.29, 0.717) is 11.6 Å². The summed E-state index contributed by atoms with van der Waals surface area (Å²) < 4.78 is 33.8. The summed E-state index contributed by atoms with van der Waals surface area (Å²) in [7, 11) is 0. The van der Waals surface area contributed by atoms with Gasteiger partial charge in [-0.05, 0) is 49.9 Å². The standard InChI is InChI=1S/C19H18F2N4O/c20-17-9-8-14(11-18(17)21)25-12-22-19(24-25)23-13-4-3-7-16(10-13)26-15-5-1-2-6-15/h3-4,7-12,15H,1-2,5-6H2,(H,23,24). The molecule has 0 atom stereocenters. The zero-order valence-corrected chi connectivity index (χ0v) is 14.0. The van der Waals surface area contributed by atoms with Crippen LogP contribution in [0.1, 0.15) is 25.7 Å². The molecule has 1 aliphatic carbocycles. The van der Waals surface area contributed by atoms with E-state index in [1.807, 2.05) is 24.3 Å². The summed E-state index contributed by atoms with van der Waals surface area (Å²) in [5, 5.41) is 7.34. The van der Waals surface area contributed by atoms with Crippen molar-refractivity contribution in [2.45, 2.75) is 31.8 Å². The van der Waals surface area contributed by atoms with Gasteiger partial charge in [-0.1, -0.05) is 6.07 Å². The van der Waals surface area contributed by atoms with Crippen LogP contribution >= 0.6 is 0 Å². The van der Waals surface area contributed by atoms with Crippen molar-refractivity contribution >= 4 is 11.6 Å². The van der Waals surface area contributed by atoms with Gasteiger partial charge in [0.25, 0.3) is 0 Å². The molecule has 1 saturated carbocycles. The van der Waals surface area contributed by atoms with Gasteiger partial charge >= 0.3 is 0 Å². The molecule has 0 saturated heterocycles. The fraction of sp³-hybridized carbons (Fsp3) is 0.263. The van der Waals surface area contributed by atoms with E-state index in [4.69, 9.17) is 4.74 Å². The molecule has 0 aliphatic heterocycles. The van der Waals surface area contributed by atoms with Crippen LogP contribution < -0.4 is 10.1 Å². The average molecular weight is 356 g/mol. The molecule has 0 radical (unpaired) electrons. The number of aromatic nitrogens is 3. The Bertz CT molecular complexity index is 906. The van der Waals surface area contributed by atoms with Crippen molar-refractivity contribution in [3.63, 3.8) is 0 Å². The molecule has 5 nitrogen and oxygen atoms in total. The van der Waals surface area contributed by atoms with E-state index in [9.17, 15) is 8.78 Å². The van der Waals surface area contributed by atoms with Crippen molar-refractivity contribution < 1.29 is 13.5 Å². The maximum atomic E-state index is 13.4. The first-order valence-corrected chi connectivity index (χ1v) is 8.58. The van der Waals surface area contributed by atoms with Gasteiger partial charge in [0.1, 0.15) is 12.1 Å². The number of ether oxygens (including phenoxy) is 1. The van der Waals surface area contributed by atoms with Crippen LogP contribution in [-0.4, -0.2) is 20.9 Å².